The van der Waals surface area contributed by atoms with Crippen LogP contribution >= 0.6 is 24.0 Å². The zero-order chi connectivity index (χ0) is 22.2. The summed E-state index contributed by atoms with van der Waals surface area (Å²) in [4.78, 5) is 18.3. The first-order valence-corrected chi connectivity index (χ1v) is 10.6. The molecule has 32 heavy (non-hydrogen) atoms. The molecule has 1 aliphatic rings. The molecule has 1 saturated heterocycles. The molecular weight excluding hydrogens is 531 g/mol. The molecule has 0 bridgehead atoms. The summed E-state index contributed by atoms with van der Waals surface area (Å²) in [5.74, 6) is -0.351. The van der Waals surface area contributed by atoms with Crippen LogP contribution in [0.4, 0.5) is 14.5 Å². The molecule has 1 atom stereocenters. The third-order valence-electron chi connectivity index (χ3n) is 5.09. The van der Waals surface area contributed by atoms with Crippen LogP contribution in [0.5, 0.6) is 0 Å². The molecule has 1 fully saturated rings. The van der Waals surface area contributed by atoms with Crippen LogP contribution < -0.4 is 20.9 Å². The van der Waals surface area contributed by atoms with Crippen LogP contribution in [0, 0.1) is 18.6 Å². The summed E-state index contributed by atoms with van der Waals surface area (Å²) in [5.41, 5.74) is 0.825. The average molecular weight is 561 g/mol. The van der Waals surface area contributed by atoms with E-state index >= 15 is 0 Å². The molecule has 7 nitrogen and oxygen atoms in total. The number of carbonyl (C=O) groups excluding carboxylic acids is 1. The summed E-state index contributed by atoms with van der Waals surface area (Å²) in [5, 5.41) is 9.34. The van der Waals surface area contributed by atoms with Crippen molar-refractivity contribution in [2.75, 3.05) is 37.6 Å². The molecule has 0 saturated carbocycles. The van der Waals surface area contributed by atoms with Crippen molar-refractivity contribution in [1.82, 2.24) is 16.0 Å². The summed E-state index contributed by atoms with van der Waals surface area (Å²) in [6.07, 6.45) is 2.91. The SMILES string of the molecule is CCNC(=NCCCNC(=O)c1occc1C)NC1CCN(c2c(F)cccc2F)C1.I. The number of guanidine groups is 1. The van der Waals surface area contributed by atoms with Gasteiger partial charge in [-0.1, -0.05) is 6.07 Å². The summed E-state index contributed by atoms with van der Waals surface area (Å²) in [6.45, 7) is 6.53. The van der Waals surface area contributed by atoms with Gasteiger partial charge in [-0.2, -0.15) is 0 Å². The maximum atomic E-state index is 14.0. The normalized spacial score (nSPS) is 15.9. The number of furan rings is 1. The lowest BCUT2D eigenvalue weighted by molar-refractivity contribution is 0.0925. The van der Waals surface area contributed by atoms with Crippen molar-refractivity contribution in [3.8, 4) is 0 Å². The number of carbonyl (C=O) groups is 1. The lowest BCUT2D eigenvalue weighted by atomic mass is 10.2. The number of halogens is 3. The largest absolute Gasteiger partial charge is 0.459 e. The highest BCUT2D eigenvalue weighted by atomic mass is 127. The minimum atomic E-state index is -0.548. The quantitative estimate of drug-likeness (QED) is 0.199. The van der Waals surface area contributed by atoms with E-state index in [1.807, 2.05) is 13.8 Å². The van der Waals surface area contributed by atoms with Gasteiger partial charge in [0.2, 0.25) is 0 Å². The number of para-hydroxylation sites is 1. The molecular formula is C22H30F2IN5O2. The molecule has 1 aliphatic heterocycles. The first-order chi connectivity index (χ1) is 15.0. The first-order valence-electron chi connectivity index (χ1n) is 10.6. The number of aliphatic imine (C=N–C) groups is 1. The Balaban J connectivity index is 0.00000363. The van der Waals surface area contributed by atoms with Gasteiger partial charge < -0.3 is 25.3 Å². The summed E-state index contributed by atoms with van der Waals surface area (Å²) in [7, 11) is 0. The van der Waals surface area contributed by atoms with E-state index in [9.17, 15) is 13.6 Å². The summed E-state index contributed by atoms with van der Waals surface area (Å²) >= 11 is 0. The smallest absolute Gasteiger partial charge is 0.287 e. The summed E-state index contributed by atoms with van der Waals surface area (Å²) in [6, 6.07) is 5.69. The second-order valence-electron chi connectivity index (χ2n) is 7.45. The Morgan fingerprint density at radius 2 is 2.00 bits per heavy atom. The number of nitrogens with one attached hydrogen (secondary N) is 3. The Kier molecular flexibility index (Phi) is 10.2. The Morgan fingerprint density at radius 3 is 2.66 bits per heavy atom. The molecule has 0 aliphatic carbocycles. The van der Waals surface area contributed by atoms with Gasteiger partial charge in [0.05, 0.1) is 6.26 Å². The summed E-state index contributed by atoms with van der Waals surface area (Å²) < 4.78 is 33.3. The molecule has 1 aromatic heterocycles. The third-order valence-corrected chi connectivity index (χ3v) is 5.09. The van der Waals surface area contributed by atoms with Gasteiger partial charge in [-0.05, 0) is 44.9 Å². The molecule has 2 aromatic rings. The molecule has 2 heterocycles. The topological polar surface area (TPSA) is 81.9 Å². The van der Waals surface area contributed by atoms with Crippen molar-refractivity contribution < 1.29 is 18.0 Å². The van der Waals surface area contributed by atoms with E-state index in [4.69, 9.17) is 4.42 Å². The number of hydrogen-bond donors (Lipinski definition) is 3. The number of nitrogens with zero attached hydrogens (tertiary/aromatic N) is 2. The number of rotatable bonds is 8. The number of benzene rings is 1. The van der Waals surface area contributed by atoms with Crippen molar-refractivity contribution in [1.29, 1.82) is 0 Å². The Morgan fingerprint density at radius 1 is 1.25 bits per heavy atom. The van der Waals surface area contributed by atoms with E-state index < -0.39 is 11.6 Å². The van der Waals surface area contributed by atoms with Crippen molar-refractivity contribution in [2.45, 2.75) is 32.7 Å². The number of amides is 1. The second-order valence-corrected chi connectivity index (χ2v) is 7.45. The standard InChI is InChI=1S/C22H29F2N5O2.HI/c1-3-25-22(27-11-5-10-26-21(30)20-15(2)9-13-31-20)28-16-8-12-29(14-16)19-17(23)6-4-7-18(19)24;/h4,6-7,9,13,16H,3,5,8,10-12,14H2,1-2H3,(H,26,30)(H2,25,27,28);1H. The van der Waals surface area contributed by atoms with Crippen molar-refractivity contribution in [3.63, 3.8) is 0 Å². The number of anilines is 1. The Bertz CT molecular complexity index is 901. The van der Waals surface area contributed by atoms with E-state index in [0.29, 0.717) is 50.9 Å². The van der Waals surface area contributed by atoms with Gasteiger partial charge in [0.15, 0.2) is 11.7 Å². The van der Waals surface area contributed by atoms with E-state index in [1.165, 1.54) is 24.5 Å². The van der Waals surface area contributed by atoms with E-state index in [-0.39, 0.29) is 41.6 Å². The van der Waals surface area contributed by atoms with Crippen LogP contribution in [0.2, 0.25) is 0 Å². The third kappa shape index (κ3) is 6.81. The zero-order valence-corrected chi connectivity index (χ0v) is 20.6. The second kappa shape index (κ2) is 12.6. The van der Waals surface area contributed by atoms with E-state index in [1.54, 1.807) is 11.0 Å². The molecule has 3 N–H and O–H groups in total. The maximum Gasteiger partial charge on any atom is 0.287 e. The van der Waals surface area contributed by atoms with Crippen LogP contribution in [-0.4, -0.2) is 50.6 Å². The minimum Gasteiger partial charge on any atom is -0.459 e. The van der Waals surface area contributed by atoms with Gasteiger partial charge >= 0.3 is 0 Å². The fraction of sp³-hybridized carbons (Fsp3) is 0.455. The fourth-order valence-corrected chi connectivity index (χ4v) is 3.54. The molecule has 1 aromatic carbocycles. The van der Waals surface area contributed by atoms with Crippen molar-refractivity contribution >= 4 is 41.5 Å². The fourth-order valence-electron chi connectivity index (χ4n) is 3.54. The molecule has 10 heteroatoms. The highest BCUT2D eigenvalue weighted by Gasteiger charge is 2.27. The van der Waals surface area contributed by atoms with Gasteiger partial charge in [-0.25, -0.2) is 8.78 Å². The van der Waals surface area contributed by atoms with Crippen LogP contribution in [-0.2, 0) is 0 Å². The predicted molar refractivity (Wildman–Crippen MR) is 132 cm³/mol. The van der Waals surface area contributed by atoms with Gasteiger partial charge in [-0.3, -0.25) is 9.79 Å². The Hall–Kier alpha value is -2.37. The van der Waals surface area contributed by atoms with Crippen LogP contribution in [0.15, 0.2) is 39.9 Å². The average Bonchev–Trinajstić information content (AvgIpc) is 3.36. The van der Waals surface area contributed by atoms with Crippen LogP contribution in [0.25, 0.3) is 0 Å². The number of aryl methyl sites for hydroxylation is 1. The maximum absolute atomic E-state index is 14.0. The minimum absolute atomic E-state index is 0. The predicted octanol–water partition coefficient (Wildman–Crippen LogP) is 3.44. The molecule has 0 spiro atoms. The molecule has 0 radical (unpaired) electrons. The van der Waals surface area contributed by atoms with Crippen molar-refractivity contribution in [2.24, 2.45) is 4.99 Å². The Labute approximate surface area is 204 Å². The van der Waals surface area contributed by atoms with E-state index in [0.717, 1.165) is 12.0 Å². The van der Waals surface area contributed by atoms with Gasteiger partial charge in [0.25, 0.3) is 5.91 Å². The highest BCUT2D eigenvalue weighted by molar-refractivity contribution is 14.0. The molecule has 176 valence electrons. The lowest BCUT2D eigenvalue weighted by Crippen LogP contribution is -2.44. The lowest BCUT2D eigenvalue weighted by Gasteiger charge is -2.21. The van der Waals surface area contributed by atoms with Crippen LogP contribution in [0.3, 0.4) is 0 Å². The van der Waals surface area contributed by atoms with Crippen LogP contribution in [0.1, 0.15) is 35.9 Å². The van der Waals surface area contributed by atoms with Gasteiger partial charge in [0.1, 0.15) is 17.3 Å². The van der Waals surface area contributed by atoms with Crippen molar-refractivity contribution in [3.05, 3.63) is 53.5 Å². The van der Waals surface area contributed by atoms with Gasteiger partial charge in [-0.15, -0.1) is 24.0 Å². The molecule has 1 unspecified atom stereocenters. The molecule has 1 amide bonds. The monoisotopic (exact) mass is 561 g/mol. The highest BCUT2D eigenvalue weighted by Crippen LogP contribution is 2.26. The van der Waals surface area contributed by atoms with Gasteiger partial charge in [0, 0.05) is 44.3 Å². The molecule has 3 rings (SSSR count). The first kappa shape index (κ1) is 25.9. The number of hydrogen-bond acceptors (Lipinski definition) is 4. The zero-order valence-electron chi connectivity index (χ0n) is 18.3. The van der Waals surface area contributed by atoms with E-state index in [2.05, 4.69) is 20.9 Å².